The van der Waals surface area contributed by atoms with Crippen LogP contribution in [-0.2, 0) is 14.3 Å². The van der Waals surface area contributed by atoms with Crippen LogP contribution in [0, 0.1) is 5.92 Å². The summed E-state index contributed by atoms with van der Waals surface area (Å²) in [5.74, 6) is -1.46. The van der Waals surface area contributed by atoms with Gasteiger partial charge in [0.15, 0.2) is 0 Å². The molecule has 1 saturated heterocycles. The number of benzene rings is 1. The van der Waals surface area contributed by atoms with Gasteiger partial charge in [0, 0.05) is 26.1 Å². The van der Waals surface area contributed by atoms with Gasteiger partial charge in [0.1, 0.15) is 6.61 Å². The Morgan fingerprint density at radius 2 is 2.00 bits per heavy atom. The van der Waals surface area contributed by atoms with Gasteiger partial charge in [-0.2, -0.15) is 0 Å². The lowest BCUT2D eigenvalue weighted by molar-refractivity contribution is -0.147. The van der Waals surface area contributed by atoms with Crippen LogP contribution >= 0.6 is 0 Å². The van der Waals surface area contributed by atoms with E-state index in [0.717, 1.165) is 5.56 Å². The Morgan fingerprint density at radius 3 is 2.60 bits per heavy atom. The number of hydrogen-bond donors (Lipinski definition) is 1. The Labute approximate surface area is 118 Å². The molecule has 1 fully saturated rings. The molecule has 1 amide bonds. The number of carbonyl (C=O) groups is 2. The molecule has 1 aliphatic rings. The highest BCUT2D eigenvalue weighted by Crippen LogP contribution is 2.30. The van der Waals surface area contributed by atoms with Crippen molar-refractivity contribution in [3.05, 3.63) is 35.9 Å². The lowest BCUT2D eigenvalue weighted by atomic mass is 9.84. The van der Waals surface area contributed by atoms with Crippen LogP contribution in [0.5, 0.6) is 0 Å². The van der Waals surface area contributed by atoms with Gasteiger partial charge in [0.25, 0.3) is 0 Å². The van der Waals surface area contributed by atoms with E-state index in [4.69, 9.17) is 4.74 Å². The Hall–Kier alpha value is -1.88. The largest absolute Gasteiger partial charge is 0.481 e. The first-order valence-corrected chi connectivity index (χ1v) is 6.66. The molecule has 1 aromatic carbocycles. The summed E-state index contributed by atoms with van der Waals surface area (Å²) in [6.45, 7) is 0.810. The zero-order valence-electron chi connectivity index (χ0n) is 11.5. The van der Waals surface area contributed by atoms with Crippen LogP contribution in [0.3, 0.4) is 0 Å². The normalized spacial score (nSPS) is 22.6. The number of hydrogen-bond acceptors (Lipinski definition) is 3. The number of methoxy groups -OCH3 is 1. The predicted molar refractivity (Wildman–Crippen MR) is 73.4 cm³/mol. The van der Waals surface area contributed by atoms with E-state index in [1.54, 1.807) is 4.90 Å². The average molecular weight is 277 g/mol. The Morgan fingerprint density at radius 1 is 1.30 bits per heavy atom. The second kappa shape index (κ2) is 6.52. The first kappa shape index (κ1) is 14.5. The van der Waals surface area contributed by atoms with E-state index in [1.807, 2.05) is 30.3 Å². The number of nitrogens with zero attached hydrogens (tertiary/aromatic N) is 1. The third-order valence-corrected chi connectivity index (χ3v) is 3.69. The molecule has 2 atom stereocenters. The van der Waals surface area contributed by atoms with Crippen LogP contribution in [-0.4, -0.2) is 48.7 Å². The van der Waals surface area contributed by atoms with Crippen molar-refractivity contribution in [3.63, 3.8) is 0 Å². The number of ether oxygens (including phenoxy) is 1. The van der Waals surface area contributed by atoms with Crippen molar-refractivity contribution in [3.8, 4) is 0 Å². The molecule has 20 heavy (non-hydrogen) atoms. The average Bonchev–Trinajstić information content (AvgIpc) is 2.48. The number of amides is 1. The summed E-state index contributed by atoms with van der Waals surface area (Å²) in [4.78, 5) is 24.8. The lowest BCUT2D eigenvalue weighted by Gasteiger charge is -2.36. The van der Waals surface area contributed by atoms with E-state index in [1.165, 1.54) is 7.11 Å². The Kier molecular flexibility index (Phi) is 4.74. The summed E-state index contributed by atoms with van der Waals surface area (Å²) in [5, 5.41) is 9.26. The maximum absolute atomic E-state index is 12.0. The molecule has 1 aromatic rings. The van der Waals surface area contributed by atoms with Gasteiger partial charge in [0.05, 0.1) is 5.92 Å². The van der Waals surface area contributed by atoms with Gasteiger partial charge < -0.3 is 14.7 Å². The summed E-state index contributed by atoms with van der Waals surface area (Å²) >= 11 is 0. The van der Waals surface area contributed by atoms with E-state index in [0.29, 0.717) is 13.0 Å². The summed E-state index contributed by atoms with van der Waals surface area (Å²) in [6.07, 6.45) is 0.566. The minimum absolute atomic E-state index is 0.00610. The highest BCUT2D eigenvalue weighted by Gasteiger charge is 2.34. The molecule has 2 unspecified atom stereocenters. The number of piperidine rings is 1. The van der Waals surface area contributed by atoms with Crippen molar-refractivity contribution in [2.45, 2.75) is 12.3 Å². The Bertz CT molecular complexity index is 474. The van der Waals surface area contributed by atoms with E-state index in [2.05, 4.69) is 0 Å². The predicted octanol–water partition coefficient (Wildman–Crippen LogP) is 1.35. The van der Waals surface area contributed by atoms with E-state index in [9.17, 15) is 14.7 Å². The highest BCUT2D eigenvalue weighted by molar-refractivity contribution is 5.79. The van der Waals surface area contributed by atoms with Gasteiger partial charge in [-0.05, 0) is 12.0 Å². The van der Waals surface area contributed by atoms with Crippen molar-refractivity contribution < 1.29 is 19.4 Å². The summed E-state index contributed by atoms with van der Waals surface area (Å²) in [6, 6.07) is 9.75. The van der Waals surface area contributed by atoms with Gasteiger partial charge >= 0.3 is 5.97 Å². The van der Waals surface area contributed by atoms with Crippen molar-refractivity contribution in [2.75, 3.05) is 26.8 Å². The molecule has 108 valence electrons. The number of aliphatic carboxylic acids is 1. The second-order valence-electron chi connectivity index (χ2n) is 5.11. The lowest BCUT2D eigenvalue weighted by Crippen LogP contribution is -2.46. The van der Waals surface area contributed by atoms with Crippen LogP contribution in [0.15, 0.2) is 30.3 Å². The standard InChI is InChI=1S/C15H19NO4/c1-20-10-14(17)16-8-12(7-13(9-16)15(18)19)11-5-3-2-4-6-11/h2-6,12-13H,7-10H2,1H3,(H,18,19). The first-order valence-electron chi connectivity index (χ1n) is 6.66. The van der Waals surface area contributed by atoms with Gasteiger partial charge in [-0.25, -0.2) is 0 Å². The van der Waals surface area contributed by atoms with Gasteiger partial charge in [-0.1, -0.05) is 30.3 Å². The molecule has 1 aliphatic heterocycles. The van der Waals surface area contributed by atoms with Crippen LogP contribution < -0.4 is 0 Å². The van der Waals surface area contributed by atoms with Crippen LogP contribution in [0.25, 0.3) is 0 Å². The molecular weight excluding hydrogens is 258 g/mol. The molecule has 0 aliphatic carbocycles. The molecule has 0 spiro atoms. The molecule has 1 heterocycles. The van der Waals surface area contributed by atoms with Gasteiger partial charge in [-0.3, -0.25) is 9.59 Å². The van der Waals surface area contributed by atoms with E-state index in [-0.39, 0.29) is 25.0 Å². The maximum atomic E-state index is 12.0. The van der Waals surface area contributed by atoms with Crippen molar-refractivity contribution >= 4 is 11.9 Å². The van der Waals surface area contributed by atoms with Crippen molar-refractivity contribution in [2.24, 2.45) is 5.92 Å². The smallest absolute Gasteiger partial charge is 0.308 e. The minimum Gasteiger partial charge on any atom is -0.481 e. The van der Waals surface area contributed by atoms with Crippen LogP contribution in [0.2, 0.25) is 0 Å². The van der Waals surface area contributed by atoms with Crippen LogP contribution in [0.1, 0.15) is 17.9 Å². The third-order valence-electron chi connectivity index (χ3n) is 3.69. The fourth-order valence-corrected chi connectivity index (χ4v) is 2.66. The summed E-state index contributed by atoms with van der Waals surface area (Å²) < 4.78 is 4.85. The number of carboxylic acids is 1. The van der Waals surface area contributed by atoms with Crippen LogP contribution in [0.4, 0.5) is 0 Å². The van der Waals surface area contributed by atoms with Crippen molar-refractivity contribution in [1.29, 1.82) is 0 Å². The molecule has 1 N–H and O–H groups in total. The zero-order valence-corrected chi connectivity index (χ0v) is 11.5. The quantitative estimate of drug-likeness (QED) is 0.902. The SMILES string of the molecule is COCC(=O)N1CC(C(=O)O)CC(c2ccccc2)C1. The fourth-order valence-electron chi connectivity index (χ4n) is 2.66. The number of rotatable bonds is 4. The number of carboxylic acid groups (broad SMARTS) is 1. The van der Waals surface area contributed by atoms with E-state index < -0.39 is 11.9 Å². The van der Waals surface area contributed by atoms with Crippen molar-refractivity contribution in [1.82, 2.24) is 4.90 Å². The molecule has 0 aromatic heterocycles. The topological polar surface area (TPSA) is 66.8 Å². The first-order chi connectivity index (χ1) is 9.61. The summed E-state index contributed by atoms with van der Waals surface area (Å²) in [5.41, 5.74) is 1.08. The van der Waals surface area contributed by atoms with Gasteiger partial charge in [-0.15, -0.1) is 0 Å². The van der Waals surface area contributed by atoms with E-state index >= 15 is 0 Å². The molecule has 0 saturated carbocycles. The fraction of sp³-hybridized carbons (Fsp3) is 0.467. The van der Waals surface area contributed by atoms with Gasteiger partial charge in [0.2, 0.25) is 5.91 Å². The Balaban J connectivity index is 2.16. The summed E-state index contributed by atoms with van der Waals surface area (Å²) in [7, 11) is 1.46. The molecule has 5 heteroatoms. The maximum Gasteiger partial charge on any atom is 0.308 e. The number of carbonyl (C=O) groups excluding carboxylic acids is 1. The molecule has 0 radical (unpaired) electrons. The molecular formula is C15H19NO4. The molecule has 2 rings (SSSR count). The zero-order chi connectivity index (χ0) is 14.5. The molecule has 0 bridgehead atoms. The number of likely N-dealkylation sites (tertiary alicyclic amines) is 1. The second-order valence-corrected chi connectivity index (χ2v) is 5.11. The highest BCUT2D eigenvalue weighted by atomic mass is 16.5. The minimum atomic E-state index is -0.846. The third kappa shape index (κ3) is 3.36. The monoisotopic (exact) mass is 277 g/mol. The molecule has 5 nitrogen and oxygen atoms in total.